The molecule has 0 saturated heterocycles. The molecule has 0 heterocycles. The van der Waals surface area contributed by atoms with Crippen molar-refractivity contribution < 1.29 is 57.3 Å². The number of nitrogens with one attached hydrogen (secondary N) is 8. The number of ether oxygens (including phenoxy) is 4. The van der Waals surface area contributed by atoms with Gasteiger partial charge in [-0.3, -0.25) is 38.4 Å². The molecule has 0 aliphatic heterocycles. The van der Waals surface area contributed by atoms with Gasteiger partial charge in [0.2, 0.25) is 47.3 Å². The van der Waals surface area contributed by atoms with Crippen molar-refractivity contribution in [2.45, 2.75) is 83.0 Å². The second-order valence-corrected chi connectivity index (χ2v) is 20.5. The van der Waals surface area contributed by atoms with E-state index in [2.05, 4.69) is 55.4 Å². The smallest absolute Gasteiger partial charge is 0.224 e. The van der Waals surface area contributed by atoms with E-state index in [-0.39, 0.29) is 105 Å². The second-order valence-electron chi connectivity index (χ2n) is 19.6. The number of hydrogen-bond acceptors (Lipinski definition) is 13. The Bertz CT molecular complexity index is 2680. The SMILES string of the molecule is C=C1c2cc(NC(=O)CCCC(=O)NCCOC)ccc2-c2ccc(NC(=O)CCCC(=O)NCCOC)cc21.COCCNC(=O)CCCC(=O)Nc1ccc2c(c1)C(CSC)c1cc(NC(=O)CCCC(=O)NCCOC)ccc1-2. The quantitative estimate of drug-likeness (QED) is 0.0187. The molecule has 82 heavy (non-hydrogen) atoms. The summed E-state index contributed by atoms with van der Waals surface area (Å²) in [7, 11) is 6.30. The van der Waals surface area contributed by atoms with Crippen molar-refractivity contribution in [2.75, 3.05) is 114 Å². The van der Waals surface area contributed by atoms with E-state index in [0.29, 0.717) is 89.7 Å². The van der Waals surface area contributed by atoms with Gasteiger partial charge >= 0.3 is 0 Å². The molecule has 0 fully saturated rings. The number of rotatable bonds is 34. The van der Waals surface area contributed by atoms with E-state index >= 15 is 0 Å². The van der Waals surface area contributed by atoms with E-state index in [0.717, 1.165) is 67.2 Å². The number of amides is 8. The van der Waals surface area contributed by atoms with E-state index < -0.39 is 0 Å². The van der Waals surface area contributed by atoms with E-state index in [9.17, 15) is 38.4 Å². The van der Waals surface area contributed by atoms with Crippen LogP contribution in [0.1, 0.15) is 105 Å². The molecule has 0 aromatic heterocycles. The summed E-state index contributed by atoms with van der Waals surface area (Å²) >= 11 is 1.74. The maximum Gasteiger partial charge on any atom is 0.224 e. The van der Waals surface area contributed by atoms with Crippen molar-refractivity contribution in [1.82, 2.24) is 21.3 Å². The molecular weight excluding hydrogens is 1070 g/mol. The van der Waals surface area contributed by atoms with Crippen molar-refractivity contribution in [2.24, 2.45) is 0 Å². The molecule has 20 nitrogen and oxygen atoms in total. The topological polar surface area (TPSA) is 270 Å². The molecule has 6 rings (SSSR count). The Balaban J connectivity index is 0.000000301. The molecular formula is C61H80N8O12S. The largest absolute Gasteiger partial charge is 0.383 e. The fourth-order valence-corrected chi connectivity index (χ4v) is 9.97. The summed E-state index contributed by atoms with van der Waals surface area (Å²) in [5, 5.41) is 22.7. The highest BCUT2D eigenvalue weighted by Gasteiger charge is 2.30. The monoisotopic (exact) mass is 1150 g/mol. The van der Waals surface area contributed by atoms with Crippen molar-refractivity contribution in [1.29, 1.82) is 0 Å². The average Bonchev–Trinajstić information content (AvgIpc) is 3.91. The van der Waals surface area contributed by atoms with Gasteiger partial charge in [0.15, 0.2) is 0 Å². The minimum absolute atomic E-state index is 0.0910. The first kappa shape index (κ1) is 65.4. The molecule has 0 radical (unpaired) electrons. The molecule has 2 aliphatic carbocycles. The highest BCUT2D eigenvalue weighted by atomic mass is 32.2. The van der Waals surface area contributed by atoms with Gasteiger partial charge in [-0.15, -0.1) is 0 Å². The fourth-order valence-electron chi connectivity index (χ4n) is 9.28. The van der Waals surface area contributed by atoms with Gasteiger partial charge in [0.05, 0.1) is 26.4 Å². The van der Waals surface area contributed by atoms with Crippen LogP contribution in [0.15, 0.2) is 79.4 Å². The van der Waals surface area contributed by atoms with Crippen LogP contribution in [-0.2, 0) is 57.3 Å². The lowest BCUT2D eigenvalue weighted by atomic mass is 9.98. The molecule has 8 N–H and O–H groups in total. The molecule has 0 bridgehead atoms. The number of carbonyl (C=O) groups is 8. The molecule has 0 unspecified atom stereocenters. The zero-order valence-corrected chi connectivity index (χ0v) is 48.7. The molecule has 0 saturated carbocycles. The fraction of sp³-hybridized carbons (Fsp3) is 0.443. The van der Waals surface area contributed by atoms with Gasteiger partial charge in [-0.1, -0.05) is 30.8 Å². The Kier molecular flexibility index (Phi) is 28.3. The lowest BCUT2D eigenvalue weighted by Crippen LogP contribution is -2.26. The highest BCUT2D eigenvalue weighted by Crippen LogP contribution is 2.48. The maximum atomic E-state index is 12.6. The standard InChI is InChI=1S/C31H42N4O6S.C30H38N4O6/c1-40-16-14-32-28(36)6-4-8-30(38)34-21-10-12-23-24-13-11-22(19-26(24)27(20-42-3)25(23)18-21)35-31(39)9-5-7-29(37)33-15-17-41-2;1-20-25-18-21(33-29(37)8-4-6-27(35)31-14-16-39-2)10-12-23(25)24-13-11-22(19-26(20)24)34-30(38)9-5-7-28(36)32-15-17-40-3/h10-13,18-19,27H,4-9,14-17,20H2,1-3H3,(H,32,36)(H,33,37)(H,34,38)(H,35,39);10-13,18-19H,1,4-9,14-17H2,2-3H3,(H,31,35)(H,32,36)(H,33,37)(H,34,38). The normalized spacial score (nSPS) is 11.6. The predicted octanol–water partition coefficient (Wildman–Crippen LogP) is 7.38. The minimum Gasteiger partial charge on any atom is -0.383 e. The van der Waals surface area contributed by atoms with Gasteiger partial charge in [0.25, 0.3) is 0 Å². The van der Waals surface area contributed by atoms with Crippen molar-refractivity contribution in [3.8, 4) is 22.3 Å². The van der Waals surface area contributed by atoms with E-state index in [1.807, 2.05) is 72.8 Å². The van der Waals surface area contributed by atoms with Gasteiger partial charge in [-0.2, -0.15) is 11.8 Å². The Hall–Kier alpha value is -7.43. The van der Waals surface area contributed by atoms with Gasteiger partial charge < -0.3 is 61.5 Å². The molecule has 8 amide bonds. The van der Waals surface area contributed by atoms with Crippen LogP contribution in [0.5, 0.6) is 0 Å². The summed E-state index contributed by atoms with van der Waals surface area (Å²) in [6.07, 6.45) is 5.99. The summed E-state index contributed by atoms with van der Waals surface area (Å²) in [6.45, 7) is 7.88. The predicted molar refractivity (Wildman–Crippen MR) is 322 cm³/mol. The molecule has 4 aromatic rings. The van der Waals surface area contributed by atoms with Gasteiger partial charge in [0, 0.05) is 140 Å². The Morgan fingerprint density at radius 1 is 0.390 bits per heavy atom. The summed E-state index contributed by atoms with van der Waals surface area (Å²) in [5.41, 5.74) is 11.9. The number of thioether (sulfide) groups is 1. The number of benzene rings is 4. The molecule has 0 spiro atoms. The zero-order valence-electron chi connectivity index (χ0n) is 47.9. The number of anilines is 4. The van der Waals surface area contributed by atoms with Crippen molar-refractivity contribution in [3.05, 3.63) is 102 Å². The first-order valence-electron chi connectivity index (χ1n) is 27.7. The third kappa shape index (κ3) is 21.5. The third-order valence-electron chi connectivity index (χ3n) is 13.3. The van der Waals surface area contributed by atoms with Crippen LogP contribution in [0.4, 0.5) is 22.7 Å². The Morgan fingerprint density at radius 3 is 0.939 bits per heavy atom. The number of hydrogen-bond donors (Lipinski definition) is 8. The summed E-state index contributed by atoms with van der Waals surface area (Å²) in [5.74, 6) is -0.00922. The second kappa shape index (κ2) is 35.4. The summed E-state index contributed by atoms with van der Waals surface area (Å²) in [6, 6.07) is 23.3. The van der Waals surface area contributed by atoms with E-state index in [1.165, 1.54) is 0 Å². The number of carbonyl (C=O) groups excluding carboxylic acids is 8. The maximum absolute atomic E-state index is 12.6. The third-order valence-corrected chi connectivity index (χ3v) is 14.0. The lowest BCUT2D eigenvalue weighted by molar-refractivity contribution is -0.122. The van der Waals surface area contributed by atoms with Gasteiger partial charge in [-0.25, -0.2) is 0 Å². The molecule has 21 heteroatoms. The van der Waals surface area contributed by atoms with Crippen LogP contribution in [-0.4, -0.2) is 140 Å². The molecule has 442 valence electrons. The van der Waals surface area contributed by atoms with E-state index in [1.54, 1.807) is 40.2 Å². The van der Waals surface area contributed by atoms with Crippen molar-refractivity contribution >= 4 is 87.3 Å². The molecule has 4 aromatic carbocycles. The van der Waals surface area contributed by atoms with Crippen LogP contribution in [0.2, 0.25) is 0 Å². The highest BCUT2D eigenvalue weighted by molar-refractivity contribution is 7.98. The van der Waals surface area contributed by atoms with Crippen LogP contribution in [0.3, 0.4) is 0 Å². The number of fused-ring (bicyclic) bond motifs is 6. The first-order valence-corrected chi connectivity index (χ1v) is 29.0. The minimum atomic E-state index is -0.164. The van der Waals surface area contributed by atoms with Crippen LogP contribution < -0.4 is 42.5 Å². The van der Waals surface area contributed by atoms with Crippen LogP contribution in [0.25, 0.3) is 27.8 Å². The van der Waals surface area contributed by atoms with Gasteiger partial charge in [0.1, 0.15) is 0 Å². The Labute approximate surface area is 485 Å². The van der Waals surface area contributed by atoms with Crippen LogP contribution >= 0.6 is 11.8 Å². The lowest BCUT2D eigenvalue weighted by Gasteiger charge is -2.14. The van der Waals surface area contributed by atoms with E-state index in [4.69, 9.17) is 18.9 Å². The summed E-state index contributed by atoms with van der Waals surface area (Å²) < 4.78 is 19.6. The first-order chi connectivity index (χ1) is 39.7. The average molecular weight is 1150 g/mol. The summed E-state index contributed by atoms with van der Waals surface area (Å²) in [4.78, 5) is 97.2. The van der Waals surface area contributed by atoms with Gasteiger partial charge in [-0.05, 0) is 131 Å². The van der Waals surface area contributed by atoms with Crippen molar-refractivity contribution in [3.63, 3.8) is 0 Å². The zero-order chi connectivity index (χ0) is 59.2. The number of methoxy groups -OCH3 is 4. The molecule has 0 atom stereocenters. The molecule has 2 aliphatic rings. The Morgan fingerprint density at radius 2 is 0.659 bits per heavy atom. The van der Waals surface area contributed by atoms with Crippen LogP contribution in [0, 0.1) is 0 Å².